The van der Waals surface area contributed by atoms with Crippen molar-refractivity contribution in [3.8, 4) is 0 Å². The van der Waals surface area contributed by atoms with E-state index in [4.69, 9.17) is 0 Å². The zero-order valence-electron chi connectivity index (χ0n) is 20.4. The van der Waals surface area contributed by atoms with Gasteiger partial charge < -0.3 is 10.2 Å². The lowest BCUT2D eigenvalue weighted by Gasteiger charge is -2.26. The van der Waals surface area contributed by atoms with Crippen LogP contribution in [0, 0.1) is 12.7 Å². The van der Waals surface area contributed by atoms with E-state index in [9.17, 15) is 31.1 Å². The van der Waals surface area contributed by atoms with Crippen LogP contribution in [0.25, 0.3) is 16.5 Å². The molecule has 0 spiro atoms. The van der Waals surface area contributed by atoms with Crippen molar-refractivity contribution < 1.29 is 31.1 Å². The smallest absolute Gasteiger partial charge is 0.378 e. The molecule has 0 fully saturated rings. The van der Waals surface area contributed by atoms with Crippen LogP contribution in [-0.2, 0) is 11.0 Å². The highest BCUT2D eigenvalue weighted by atomic mass is 19.4. The van der Waals surface area contributed by atoms with Gasteiger partial charge in [-0.3, -0.25) is 9.78 Å². The lowest BCUT2D eigenvalue weighted by atomic mass is 9.94. The molecule has 1 N–H and O–H groups in total. The third-order valence-corrected chi connectivity index (χ3v) is 6.50. The first-order valence-electron chi connectivity index (χ1n) is 11.7. The van der Waals surface area contributed by atoms with Gasteiger partial charge in [0.2, 0.25) is 5.91 Å². The molecule has 1 aliphatic heterocycles. The molecule has 1 amide bonds. The maximum absolute atomic E-state index is 14.8. The highest BCUT2D eigenvalue weighted by molar-refractivity contribution is 5.96. The number of carbonyl (C=O) groups is 1. The number of pyridine rings is 1. The predicted octanol–water partition coefficient (Wildman–Crippen LogP) is 7.45. The van der Waals surface area contributed by atoms with Crippen molar-refractivity contribution in [1.29, 1.82) is 0 Å². The number of anilines is 1. The zero-order chi connectivity index (χ0) is 27.1. The molecule has 1 aliphatic rings. The Balaban J connectivity index is 1.83. The molecule has 4 nitrogen and oxygen atoms in total. The molecule has 2 heterocycles. The number of nitrogens with zero attached hydrogens (tertiary/aromatic N) is 2. The first-order chi connectivity index (χ1) is 17.4. The van der Waals surface area contributed by atoms with Crippen molar-refractivity contribution in [2.45, 2.75) is 45.8 Å². The van der Waals surface area contributed by atoms with Gasteiger partial charge in [-0.15, -0.1) is 0 Å². The van der Waals surface area contributed by atoms with Crippen LogP contribution in [0.15, 0.2) is 42.5 Å². The summed E-state index contributed by atoms with van der Waals surface area (Å²) in [4.78, 5) is 17.4. The third-order valence-electron chi connectivity index (χ3n) is 6.50. The molecular weight excluding hydrogens is 496 g/mol. The molecule has 0 aliphatic carbocycles. The summed E-state index contributed by atoms with van der Waals surface area (Å²) in [7, 11) is 0. The average Bonchev–Trinajstić information content (AvgIpc) is 2.82. The van der Waals surface area contributed by atoms with Gasteiger partial charge in [0.25, 0.3) is 6.43 Å². The van der Waals surface area contributed by atoms with E-state index >= 15 is 0 Å². The molecule has 0 bridgehead atoms. The summed E-state index contributed by atoms with van der Waals surface area (Å²) in [5.41, 5.74) is -0.383. The minimum Gasteiger partial charge on any atom is -0.378 e. The Morgan fingerprint density at radius 1 is 1.14 bits per heavy atom. The number of hydrogen-bond donors (Lipinski definition) is 1. The maximum atomic E-state index is 14.8. The maximum Gasteiger partial charge on any atom is 0.418 e. The summed E-state index contributed by atoms with van der Waals surface area (Å²) in [5.74, 6) is -1.18. The van der Waals surface area contributed by atoms with Crippen LogP contribution in [0.4, 0.5) is 32.0 Å². The van der Waals surface area contributed by atoms with Crippen LogP contribution in [0.3, 0.4) is 0 Å². The Labute approximate surface area is 210 Å². The number of fused-ring (bicyclic) bond motifs is 1. The van der Waals surface area contributed by atoms with Gasteiger partial charge in [-0.05, 0) is 49.6 Å². The molecular formula is C27H25F6N3O. The van der Waals surface area contributed by atoms with Crippen LogP contribution in [0.1, 0.15) is 60.7 Å². The van der Waals surface area contributed by atoms with Gasteiger partial charge in [-0.1, -0.05) is 24.3 Å². The largest absolute Gasteiger partial charge is 0.418 e. The number of benzene rings is 2. The molecule has 3 aromatic rings. The van der Waals surface area contributed by atoms with E-state index < -0.39 is 35.6 Å². The van der Waals surface area contributed by atoms with Crippen molar-refractivity contribution in [2.24, 2.45) is 0 Å². The van der Waals surface area contributed by atoms with E-state index in [0.717, 1.165) is 12.1 Å². The molecule has 0 saturated carbocycles. The molecule has 0 radical (unpaired) electrons. The summed E-state index contributed by atoms with van der Waals surface area (Å²) in [6.45, 7) is 5.20. The van der Waals surface area contributed by atoms with Gasteiger partial charge in [0, 0.05) is 42.3 Å². The molecule has 1 atom stereocenters. The number of nitrogens with one attached hydrogen (secondary N) is 1. The van der Waals surface area contributed by atoms with Gasteiger partial charge in [0.15, 0.2) is 0 Å². The minimum atomic E-state index is -4.70. The minimum absolute atomic E-state index is 0.0353. The van der Waals surface area contributed by atoms with Gasteiger partial charge >= 0.3 is 6.18 Å². The van der Waals surface area contributed by atoms with E-state index in [1.165, 1.54) is 19.1 Å². The number of aromatic nitrogens is 1. The molecule has 2 aromatic carbocycles. The topological polar surface area (TPSA) is 45.2 Å². The van der Waals surface area contributed by atoms with Crippen molar-refractivity contribution >= 4 is 28.1 Å². The Morgan fingerprint density at radius 3 is 2.43 bits per heavy atom. The Bertz CT molecular complexity index is 1380. The summed E-state index contributed by atoms with van der Waals surface area (Å²) in [6, 6.07) is 7.03. The van der Waals surface area contributed by atoms with Gasteiger partial charge in [-0.2, -0.15) is 13.2 Å². The lowest BCUT2D eigenvalue weighted by Crippen LogP contribution is -2.32. The number of amides is 1. The molecule has 1 unspecified atom stereocenters. The zero-order valence-corrected chi connectivity index (χ0v) is 20.4. The fourth-order valence-corrected chi connectivity index (χ4v) is 4.58. The van der Waals surface area contributed by atoms with Gasteiger partial charge in [0.1, 0.15) is 5.82 Å². The van der Waals surface area contributed by atoms with Gasteiger partial charge in [0.05, 0.1) is 22.7 Å². The highest BCUT2D eigenvalue weighted by Crippen LogP contribution is 2.40. The monoisotopic (exact) mass is 521 g/mol. The third kappa shape index (κ3) is 5.42. The van der Waals surface area contributed by atoms with Crippen molar-refractivity contribution in [3.63, 3.8) is 0 Å². The number of alkyl halides is 5. The van der Waals surface area contributed by atoms with Crippen LogP contribution < -0.4 is 5.32 Å². The van der Waals surface area contributed by atoms with E-state index in [0.29, 0.717) is 29.8 Å². The Kier molecular flexibility index (Phi) is 7.21. The second-order valence-corrected chi connectivity index (χ2v) is 9.09. The number of carbonyl (C=O) groups excluding carboxylic acids is 1. The molecule has 4 rings (SSSR count). The SMILES string of the molecule is CC(=O)N1CC=C(c2cc(C(F)(F)F)c3nc(C)cc(NC(C)c4cccc(C(F)F)c4F)c3c2)CC1. The Morgan fingerprint density at radius 2 is 1.84 bits per heavy atom. The Hall–Kier alpha value is -3.56. The first kappa shape index (κ1) is 26.5. The summed E-state index contributed by atoms with van der Waals surface area (Å²) >= 11 is 0. The van der Waals surface area contributed by atoms with Crippen molar-refractivity contribution in [1.82, 2.24) is 9.88 Å². The summed E-state index contributed by atoms with van der Waals surface area (Å²) in [6.07, 6.45) is -5.59. The number of aryl methyl sites for hydroxylation is 1. The fourth-order valence-electron chi connectivity index (χ4n) is 4.58. The normalized spacial score (nSPS) is 15.2. The van der Waals surface area contributed by atoms with Crippen LogP contribution >= 0.6 is 0 Å². The van der Waals surface area contributed by atoms with Crippen molar-refractivity contribution in [3.05, 3.63) is 76.2 Å². The second-order valence-electron chi connectivity index (χ2n) is 9.09. The number of rotatable bonds is 5. The second kappa shape index (κ2) is 10.1. The van der Waals surface area contributed by atoms with Crippen molar-refractivity contribution in [2.75, 3.05) is 18.4 Å². The average molecular weight is 522 g/mol. The van der Waals surface area contributed by atoms with E-state index in [1.54, 1.807) is 37.0 Å². The molecule has 0 saturated heterocycles. The van der Waals surface area contributed by atoms with Crippen LogP contribution in [-0.4, -0.2) is 28.9 Å². The standard InChI is InChI=1S/C27H25F6N3O/c1-14-11-23(35-15(2)19-5-4-6-20(24(19)28)26(29)30)21-12-18(13-22(25(21)34-14)27(31,32)33)17-7-9-36(10-8-17)16(3)37/h4-7,11-13,15,26H,8-10H2,1-3H3,(H,34,35). The predicted molar refractivity (Wildman–Crippen MR) is 130 cm³/mol. The fraction of sp³-hybridized carbons (Fsp3) is 0.333. The molecule has 196 valence electrons. The number of hydrogen-bond acceptors (Lipinski definition) is 3. The molecule has 10 heteroatoms. The van der Waals surface area contributed by atoms with E-state index in [-0.39, 0.29) is 34.6 Å². The van der Waals surface area contributed by atoms with Crippen LogP contribution in [0.5, 0.6) is 0 Å². The first-order valence-corrected chi connectivity index (χ1v) is 11.7. The van der Waals surface area contributed by atoms with E-state index in [2.05, 4.69) is 10.3 Å². The summed E-state index contributed by atoms with van der Waals surface area (Å²) < 4.78 is 83.6. The lowest BCUT2D eigenvalue weighted by molar-refractivity contribution is -0.136. The molecule has 37 heavy (non-hydrogen) atoms. The molecule has 1 aromatic heterocycles. The quantitative estimate of drug-likeness (QED) is 0.355. The van der Waals surface area contributed by atoms with Gasteiger partial charge in [-0.25, -0.2) is 13.2 Å². The van der Waals surface area contributed by atoms with Crippen LogP contribution in [0.2, 0.25) is 0 Å². The highest BCUT2D eigenvalue weighted by Gasteiger charge is 2.35. The van der Waals surface area contributed by atoms with E-state index in [1.807, 2.05) is 0 Å². The summed E-state index contributed by atoms with van der Waals surface area (Å²) in [5, 5.41) is 3.18. The number of halogens is 6.